The van der Waals surface area contributed by atoms with Crippen molar-refractivity contribution in [2.75, 3.05) is 38.3 Å². The van der Waals surface area contributed by atoms with Crippen molar-refractivity contribution in [3.63, 3.8) is 0 Å². The highest BCUT2D eigenvalue weighted by Gasteiger charge is 2.21. The number of piperidine rings is 1. The monoisotopic (exact) mass is 314 g/mol. The van der Waals surface area contributed by atoms with Crippen LogP contribution in [0.2, 0.25) is 0 Å². The van der Waals surface area contributed by atoms with Gasteiger partial charge in [0.15, 0.2) is 5.13 Å². The molecule has 0 unspecified atom stereocenters. The number of aromatic nitrogens is 1. The van der Waals surface area contributed by atoms with E-state index in [1.807, 2.05) is 0 Å². The van der Waals surface area contributed by atoms with Crippen LogP contribution in [0, 0.1) is 0 Å². The zero-order valence-electron chi connectivity index (χ0n) is 12.5. The number of aryl methyl sites for hydroxylation is 1. The summed E-state index contributed by atoms with van der Waals surface area (Å²) >= 11 is 1.76. The number of carbonyl (C=O) groups excluding carboxylic acids is 2. The third-order valence-electron chi connectivity index (χ3n) is 3.26. The lowest BCUT2D eigenvalue weighted by molar-refractivity contribution is -0.191. The standard InChI is InChI=1S/C13H22N2O2S.CO2/c1-3-11-10-18-13(14-11)15-6-4-12(5-7-15)17-9-8-16-2;2-1-3/h10,12H,3-9H2,1-2H3;. The molecule has 0 radical (unpaired) electrons. The zero-order valence-corrected chi connectivity index (χ0v) is 13.4. The molecule has 2 heterocycles. The molecule has 0 saturated carbocycles. The normalized spacial score (nSPS) is 15.2. The van der Waals surface area contributed by atoms with Gasteiger partial charge in [0.05, 0.1) is 25.0 Å². The molecular formula is C14H22N2O4S. The molecule has 7 heteroatoms. The van der Waals surface area contributed by atoms with E-state index >= 15 is 0 Å². The van der Waals surface area contributed by atoms with Gasteiger partial charge in [-0.1, -0.05) is 6.92 Å². The highest BCUT2D eigenvalue weighted by molar-refractivity contribution is 7.13. The van der Waals surface area contributed by atoms with Gasteiger partial charge in [-0.2, -0.15) is 9.59 Å². The Morgan fingerprint density at radius 3 is 2.57 bits per heavy atom. The molecule has 0 atom stereocenters. The predicted octanol–water partition coefficient (Wildman–Crippen LogP) is 1.75. The molecule has 21 heavy (non-hydrogen) atoms. The van der Waals surface area contributed by atoms with E-state index in [9.17, 15) is 0 Å². The summed E-state index contributed by atoms with van der Waals surface area (Å²) in [5.74, 6) is 0. The Morgan fingerprint density at radius 2 is 2.05 bits per heavy atom. The van der Waals surface area contributed by atoms with E-state index in [0.717, 1.165) is 32.4 Å². The van der Waals surface area contributed by atoms with Crippen LogP contribution in [-0.2, 0) is 25.5 Å². The first kappa shape index (κ1) is 17.8. The molecule has 1 aliphatic rings. The number of thiazole rings is 1. The number of hydrogen-bond acceptors (Lipinski definition) is 7. The molecule has 1 aliphatic heterocycles. The molecule has 1 aromatic heterocycles. The maximum absolute atomic E-state index is 8.12. The van der Waals surface area contributed by atoms with Crippen molar-refractivity contribution in [3.8, 4) is 0 Å². The Kier molecular flexibility index (Phi) is 8.85. The number of ether oxygens (including phenoxy) is 2. The van der Waals surface area contributed by atoms with Gasteiger partial charge in [-0.05, 0) is 19.3 Å². The summed E-state index contributed by atoms with van der Waals surface area (Å²) < 4.78 is 10.8. The lowest BCUT2D eigenvalue weighted by Crippen LogP contribution is -2.37. The third-order valence-corrected chi connectivity index (χ3v) is 4.21. The molecule has 1 saturated heterocycles. The molecule has 118 valence electrons. The Morgan fingerprint density at radius 1 is 1.38 bits per heavy atom. The van der Waals surface area contributed by atoms with Gasteiger partial charge in [0.2, 0.25) is 0 Å². The molecule has 2 rings (SSSR count). The van der Waals surface area contributed by atoms with Gasteiger partial charge in [-0.25, -0.2) is 4.98 Å². The first-order valence-corrected chi connectivity index (χ1v) is 7.92. The summed E-state index contributed by atoms with van der Waals surface area (Å²) in [4.78, 5) is 23.3. The SMILES string of the molecule is CCc1csc(N2CCC(OCCOC)CC2)n1.O=C=O. The summed E-state index contributed by atoms with van der Waals surface area (Å²) in [6.07, 6.45) is 3.84. The van der Waals surface area contributed by atoms with Gasteiger partial charge in [-0.3, -0.25) is 0 Å². The van der Waals surface area contributed by atoms with Crippen molar-refractivity contribution < 1.29 is 19.1 Å². The van der Waals surface area contributed by atoms with Crippen molar-refractivity contribution >= 4 is 22.6 Å². The molecular weight excluding hydrogens is 292 g/mol. The van der Waals surface area contributed by atoms with Crippen LogP contribution in [-0.4, -0.2) is 50.7 Å². The molecule has 0 bridgehead atoms. The molecule has 1 aromatic rings. The van der Waals surface area contributed by atoms with Gasteiger partial charge in [0.25, 0.3) is 0 Å². The molecule has 0 N–H and O–H groups in total. The van der Waals surface area contributed by atoms with Crippen molar-refractivity contribution in [1.29, 1.82) is 0 Å². The molecule has 0 aliphatic carbocycles. The number of anilines is 1. The first-order chi connectivity index (χ1) is 10.2. The predicted molar refractivity (Wildman–Crippen MR) is 79.6 cm³/mol. The van der Waals surface area contributed by atoms with E-state index in [-0.39, 0.29) is 6.15 Å². The van der Waals surface area contributed by atoms with Crippen LogP contribution in [0.15, 0.2) is 5.38 Å². The minimum atomic E-state index is 0.250. The summed E-state index contributed by atoms with van der Waals surface area (Å²) in [7, 11) is 1.71. The average molecular weight is 314 g/mol. The molecule has 0 spiro atoms. The van der Waals surface area contributed by atoms with E-state index in [4.69, 9.17) is 19.1 Å². The quantitative estimate of drug-likeness (QED) is 0.745. The largest absolute Gasteiger partial charge is 0.382 e. The lowest BCUT2D eigenvalue weighted by Gasteiger charge is -2.31. The van der Waals surface area contributed by atoms with Crippen LogP contribution in [0.3, 0.4) is 0 Å². The van der Waals surface area contributed by atoms with E-state index < -0.39 is 0 Å². The summed E-state index contributed by atoms with van der Waals surface area (Å²) in [5, 5.41) is 3.33. The maximum Gasteiger partial charge on any atom is 0.373 e. The van der Waals surface area contributed by atoms with Crippen LogP contribution in [0.1, 0.15) is 25.5 Å². The fraction of sp³-hybridized carbons (Fsp3) is 0.714. The van der Waals surface area contributed by atoms with E-state index in [1.165, 1.54) is 10.8 Å². The molecule has 0 aromatic carbocycles. The highest BCUT2D eigenvalue weighted by Crippen LogP contribution is 2.25. The zero-order chi connectivity index (χ0) is 15.5. The fourth-order valence-electron chi connectivity index (χ4n) is 2.12. The minimum absolute atomic E-state index is 0.250. The number of hydrogen-bond donors (Lipinski definition) is 0. The van der Waals surface area contributed by atoms with E-state index in [2.05, 4.69) is 22.2 Å². The minimum Gasteiger partial charge on any atom is -0.382 e. The van der Waals surface area contributed by atoms with Crippen molar-refractivity contribution in [2.24, 2.45) is 0 Å². The van der Waals surface area contributed by atoms with Crippen molar-refractivity contribution in [3.05, 3.63) is 11.1 Å². The second kappa shape index (κ2) is 10.5. The second-order valence-electron chi connectivity index (χ2n) is 4.61. The molecule has 0 amide bonds. The van der Waals surface area contributed by atoms with Crippen LogP contribution < -0.4 is 4.90 Å². The van der Waals surface area contributed by atoms with Gasteiger partial charge >= 0.3 is 6.15 Å². The lowest BCUT2D eigenvalue weighted by atomic mass is 10.1. The smallest absolute Gasteiger partial charge is 0.373 e. The van der Waals surface area contributed by atoms with Crippen molar-refractivity contribution in [2.45, 2.75) is 32.3 Å². The van der Waals surface area contributed by atoms with Crippen LogP contribution in [0.4, 0.5) is 5.13 Å². The van der Waals surface area contributed by atoms with Crippen LogP contribution in [0.25, 0.3) is 0 Å². The Labute approximate surface area is 129 Å². The van der Waals surface area contributed by atoms with Crippen LogP contribution >= 0.6 is 11.3 Å². The molecule has 1 fully saturated rings. The van der Waals surface area contributed by atoms with E-state index in [1.54, 1.807) is 18.4 Å². The average Bonchev–Trinajstić information content (AvgIpc) is 2.98. The summed E-state index contributed by atoms with van der Waals surface area (Å²) in [5.41, 5.74) is 1.20. The van der Waals surface area contributed by atoms with Gasteiger partial charge in [-0.15, -0.1) is 11.3 Å². The highest BCUT2D eigenvalue weighted by atomic mass is 32.1. The fourth-order valence-corrected chi connectivity index (χ4v) is 3.08. The third kappa shape index (κ3) is 6.35. The number of rotatable bonds is 6. The van der Waals surface area contributed by atoms with Gasteiger partial charge < -0.3 is 14.4 Å². The summed E-state index contributed by atoms with van der Waals surface area (Å²) in [6, 6.07) is 0. The molecule has 6 nitrogen and oxygen atoms in total. The van der Waals surface area contributed by atoms with Crippen molar-refractivity contribution in [1.82, 2.24) is 4.98 Å². The maximum atomic E-state index is 8.12. The second-order valence-corrected chi connectivity index (χ2v) is 5.44. The Bertz CT molecular complexity index is 424. The summed E-state index contributed by atoms with van der Waals surface area (Å²) in [6.45, 7) is 5.64. The topological polar surface area (TPSA) is 68.7 Å². The van der Waals surface area contributed by atoms with Gasteiger partial charge in [0.1, 0.15) is 0 Å². The first-order valence-electron chi connectivity index (χ1n) is 7.04. The Balaban J connectivity index is 0.000000677. The number of methoxy groups -OCH3 is 1. The number of nitrogens with zero attached hydrogens (tertiary/aromatic N) is 2. The van der Waals surface area contributed by atoms with Crippen LogP contribution in [0.5, 0.6) is 0 Å². The van der Waals surface area contributed by atoms with Gasteiger partial charge in [0, 0.05) is 25.6 Å². The Hall–Kier alpha value is -1.27. The van der Waals surface area contributed by atoms with E-state index in [0.29, 0.717) is 19.3 Å².